The van der Waals surface area contributed by atoms with Crippen molar-refractivity contribution in [3.63, 3.8) is 0 Å². The molecule has 0 aliphatic carbocycles. The summed E-state index contributed by atoms with van der Waals surface area (Å²) in [7, 11) is 0. The predicted molar refractivity (Wildman–Crippen MR) is 63.2 cm³/mol. The zero-order valence-corrected chi connectivity index (χ0v) is 9.93. The number of aromatic nitrogens is 2. The van der Waals surface area contributed by atoms with Crippen LogP contribution < -0.4 is 5.32 Å². The van der Waals surface area contributed by atoms with E-state index >= 15 is 0 Å². The Labute approximate surface area is 97.0 Å². The van der Waals surface area contributed by atoms with Gasteiger partial charge in [0, 0.05) is 38.2 Å². The van der Waals surface area contributed by atoms with Crippen molar-refractivity contribution in [3.8, 4) is 0 Å². The Bertz CT molecular complexity index is 280. The molecule has 2 heterocycles. The SMILES string of the molecule is C[C@H](NCCn1cccn1)C1CCOCC1. The molecule has 0 bridgehead atoms. The highest BCUT2D eigenvalue weighted by Gasteiger charge is 2.19. The number of nitrogens with zero attached hydrogens (tertiary/aromatic N) is 2. The number of nitrogens with one attached hydrogen (secondary N) is 1. The Morgan fingerprint density at radius 2 is 2.31 bits per heavy atom. The normalized spacial score (nSPS) is 19.8. The molecular formula is C12H21N3O. The molecule has 2 rings (SSSR count). The molecule has 1 aromatic heterocycles. The summed E-state index contributed by atoms with van der Waals surface area (Å²) in [5.41, 5.74) is 0. The number of hydrogen-bond acceptors (Lipinski definition) is 3. The Morgan fingerprint density at radius 3 is 3.00 bits per heavy atom. The standard InChI is InChI=1S/C12H21N3O/c1-11(12-3-9-16-10-4-12)13-6-8-15-7-2-5-14-15/h2,5,7,11-13H,3-4,6,8-10H2,1H3/t11-/m0/s1. The second-order valence-electron chi connectivity index (χ2n) is 4.46. The highest BCUT2D eigenvalue weighted by atomic mass is 16.5. The molecule has 1 atom stereocenters. The lowest BCUT2D eigenvalue weighted by atomic mass is 9.93. The van der Waals surface area contributed by atoms with Crippen LogP contribution in [0, 0.1) is 5.92 Å². The van der Waals surface area contributed by atoms with E-state index in [4.69, 9.17) is 4.74 Å². The van der Waals surface area contributed by atoms with E-state index in [0.717, 1.165) is 32.2 Å². The quantitative estimate of drug-likeness (QED) is 0.817. The largest absolute Gasteiger partial charge is 0.381 e. The van der Waals surface area contributed by atoms with Crippen LogP contribution in [0.1, 0.15) is 19.8 Å². The first kappa shape index (κ1) is 11.6. The second kappa shape index (κ2) is 6.01. The molecule has 90 valence electrons. The van der Waals surface area contributed by atoms with Crippen LogP contribution in [0.2, 0.25) is 0 Å². The van der Waals surface area contributed by atoms with Crippen molar-refractivity contribution in [2.45, 2.75) is 32.4 Å². The van der Waals surface area contributed by atoms with Gasteiger partial charge in [0.25, 0.3) is 0 Å². The van der Waals surface area contributed by atoms with Gasteiger partial charge >= 0.3 is 0 Å². The average Bonchev–Trinajstić information content (AvgIpc) is 2.83. The first-order valence-corrected chi connectivity index (χ1v) is 6.15. The smallest absolute Gasteiger partial charge is 0.0534 e. The third-order valence-corrected chi connectivity index (χ3v) is 3.34. The van der Waals surface area contributed by atoms with Crippen LogP contribution in [0.4, 0.5) is 0 Å². The summed E-state index contributed by atoms with van der Waals surface area (Å²) >= 11 is 0. The fourth-order valence-corrected chi connectivity index (χ4v) is 2.22. The van der Waals surface area contributed by atoms with Gasteiger partial charge in [-0.3, -0.25) is 4.68 Å². The molecule has 1 aliphatic rings. The topological polar surface area (TPSA) is 39.1 Å². The van der Waals surface area contributed by atoms with E-state index in [1.807, 2.05) is 23.1 Å². The molecule has 0 saturated carbocycles. The van der Waals surface area contributed by atoms with E-state index in [0.29, 0.717) is 6.04 Å². The molecule has 0 aromatic carbocycles. The molecule has 1 aromatic rings. The van der Waals surface area contributed by atoms with Gasteiger partial charge in [0.1, 0.15) is 0 Å². The highest BCUT2D eigenvalue weighted by Crippen LogP contribution is 2.18. The van der Waals surface area contributed by atoms with Gasteiger partial charge in [-0.2, -0.15) is 5.10 Å². The minimum atomic E-state index is 0.583. The molecule has 0 amide bonds. The zero-order chi connectivity index (χ0) is 11.2. The first-order valence-electron chi connectivity index (χ1n) is 6.15. The minimum Gasteiger partial charge on any atom is -0.381 e. The lowest BCUT2D eigenvalue weighted by Gasteiger charge is -2.28. The fourth-order valence-electron chi connectivity index (χ4n) is 2.22. The maximum atomic E-state index is 5.37. The Balaban J connectivity index is 1.65. The summed E-state index contributed by atoms with van der Waals surface area (Å²) < 4.78 is 7.33. The van der Waals surface area contributed by atoms with Gasteiger partial charge in [0.15, 0.2) is 0 Å². The van der Waals surface area contributed by atoms with Gasteiger partial charge in [0.2, 0.25) is 0 Å². The van der Waals surface area contributed by atoms with Crippen molar-refractivity contribution < 1.29 is 4.74 Å². The molecule has 1 N–H and O–H groups in total. The average molecular weight is 223 g/mol. The zero-order valence-electron chi connectivity index (χ0n) is 9.93. The summed E-state index contributed by atoms with van der Waals surface area (Å²) in [5, 5.41) is 7.76. The Hall–Kier alpha value is -0.870. The molecule has 0 spiro atoms. The van der Waals surface area contributed by atoms with Crippen LogP contribution in [-0.4, -0.2) is 35.6 Å². The molecule has 1 fully saturated rings. The summed E-state index contributed by atoms with van der Waals surface area (Å²) in [6.45, 7) is 6.06. The van der Waals surface area contributed by atoms with Crippen molar-refractivity contribution in [2.75, 3.05) is 19.8 Å². The van der Waals surface area contributed by atoms with Crippen LogP contribution in [-0.2, 0) is 11.3 Å². The minimum absolute atomic E-state index is 0.583. The van der Waals surface area contributed by atoms with Gasteiger partial charge in [-0.15, -0.1) is 0 Å². The Morgan fingerprint density at radius 1 is 1.50 bits per heavy atom. The van der Waals surface area contributed by atoms with Crippen LogP contribution in [0.15, 0.2) is 18.5 Å². The molecule has 1 aliphatic heterocycles. The monoisotopic (exact) mass is 223 g/mol. The maximum Gasteiger partial charge on any atom is 0.0534 e. The van der Waals surface area contributed by atoms with E-state index < -0.39 is 0 Å². The molecule has 4 nitrogen and oxygen atoms in total. The number of rotatable bonds is 5. The van der Waals surface area contributed by atoms with Crippen molar-refractivity contribution >= 4 is 0 Å². The van der Waals surface area contributed by atoms with Crippen molar-refractivity contribution in [3.05, 3.63) is 18.5 Å². The molecule has 1 saturated heterocycles. The second-order valence-corrected chi connectivity index (χ2v) is 4.46. The lowest BCUT2D eigenvalue weighted by molar-refractivity contribution is 0.0559. The van der Waals surface area contributed by atoms with E-state index in [1.54, 1.807) is 0 Å². The van der Waals surface area contributed by atoms with Crippen molar-refractivity contribution in [1.82, 2.24) is 15.1 Å². The first-order chi connectivity index (χ1) is 7.86. The van der Waals surface area contributed by atoms with E-state index in [2.05, 4.69) is 17.3 Å². The third-order valence-electron chi connectivity index (χ3n) is 3.34. The van der Waals surface area contributed by atoms with E-state index in [-0.39, 0.29) is 0 Å². The highest BCUT2D eigenvalue weighted by molar-refractivity contribution is 4.79. The van der Waals surface area contributed by atoms with Crippen LogP contribution in [0.5, 0.6) is 0 Å². The molecule has 16 heavy (non-hydrogen) atoms. The molecule has 0 radical (unpaired) electrons. The Kier molecular flexibility index (Phi) is 4.36. The molecular weight excluding hydrogens is 202 g/mol. The number of hydrogen-bond donors (Lipinski definition) is 1. The third kappa shape index (κ3) is 3.32. The molecule has 4 heteroatoms. The van der Waals surface area contributed by atoms with Gasteiger partial charge in [-0.1, -0.05) is 0 Å². The van der Waals surface area contributed by atoms with Crippen LogP contribution >= 0.6 is 0 Å². The van der Waals surface area contributed by atoms with Crippen molar-refractivity contribution in [1.29, 1.82) is 0 Å². The fraction of sp³-hybridized carbons (Fsp3) is 0.750. The van der Waals surface area contributed by atoms with E-state index in [1.165, 1.54) is 12.8 Å². The summed E-state index contributed by atoms with van der Waals surface area (Å²) in [6, 6.07) is 2.54. The number of ether oxygens (including phenoxy) is 1. The van der Waals surface area contributed by atoms with Gasteiger partial charge in [-0.25, -0.2) is 0 Å². The summed E-state index contributed by atoms with van der Waals surface area (Å²) in [6.07, 6.45) is 6.20. The molecule has 0 unspecified atom stereocenters. The van der Waals surface area contributed by atoms with E-state index in [9.17, 15) is 0 Å². The summed E-state index contributed by atoms with van der Waals surface area (Å²) in [4.78, 5) is 0. The van der Waals surface area contributed by atoms with Gasteiger partial charge in [0.05, 0.1) is 6.54 Å². The lowest BCUT2D eigenvalue weighted by Crippen LogP contribution is -2.38. The van der Waals surface area contributed by atoms with Gasteiger partial charge < -0.3 is 10.1 Å². The summed E-state index contributed by atoms with van der Waals surface area (Å²) in [5.74, 6) is 0.770. The predicted octanol–water partition coefficient (Wildman–Crippen LogP) is 1.29. The van der Waals surface area contributed by atoms with Gasteiger partial charge in [-0.05, 0) is 31.7 Å². The van der Waals surface area contributed by atoms with Crippen LogP contribution in [0.3, 0.4) is 0 Å². The van der Waals surface area contributed by atoms with Crippen molar-refractivity contribution in [2.24, 2.45) is 5.92 Å². The van der Waals surface area contributed by atoms with Crippen LogP contribution in [0.25, 0.3) is 0 Å². The maximum absolute atomic E-state index is 5.37.